The first-order valence-corrected chi connectivity index (χ1v) is 9.42. The third kappa shape index (κ3) is 7.68. The highest BCUT2D eigenvalue weighted by Gasteiger charge is 2.01. The SMILES string of the molecule is CN=C(NCCCCOc1ccc(F)cc1)NCCCn1nc(C)cc1C. The molecule has 1 aromatic carbocycles. The molecule has 0 amide bonds. The summed E-state index contributed by atoms with van der Waals surface area (Å²) in [5.74, 6) is 1.26. The molecule has 27 heavy (non-hydrogen) atoms. The molecule has 0 atom stereocenters. The van der Waals surface area contributed by atoms with Crippen LogP contribution in [0.1, 0.15) is 30.7 Å². The lowest BCUT2D eigenvalue weighted by Crippen LogP contribution is -2.38. The number of aliphatic imine (C=N–C) groups is 1. The summed E-state index contributed by atoms with van der Waals surface area (Å²) in [4.78, 5) is 4.23. The number of aryl methyl sites for hydroxylation is 3. The fourth-order valence-corrected chi connectivity index (χ4v) is 2.71. The van der Waals surface area contributed by atoms with Crippen LogP contribution in [0.3, 0.4) is 0 Å². The molecule has 0 aliphatic heterocycles. The Morgan fingerprint density at radius 1 is 1.11 bits per heavy atom. The molecule has 2 rings (SSSR count). The minimum atomic E-state index is -0.250. The van der Waals surface area contributed by atoms with Crippen LogP contribution in [0, 0.1) is 19.7 Å². The Bertz CT molecular complexity index is 712. The molecule has 0 bridgehead atoms. The Morgan fingerprint density at radius 3 is 2.44 bits per heavy atom. The van der Waals surface area contributed by atoms with Crippen molar-refractivity contribution in [1.29, 1.82) is 0 Å². The van der Waals surface area contributed by atoms with E-state index in [2.05, 4.69) is 33.7 Å². The van der Waals surface area contributed by atoms with E-state index in [1.165, 1.54) is 17.8 Å². The van der Waals surface area contributed by atoms with E-state index in [1.54, 1.807) is 19.2 Å². The number of nitrogens with zero attached hydrogens (tertiary/aromatic N) is 3. The van der Waals surface area contributed by atoms with E-state index >= 15 is 0 Å². The first-order chi connectivity index (χ1) is 13.1. The lowest BCUT2D eigenvalue weighted by atomic mass is 10.3. The van der Waals surface area contributed by atoms with E-state index in [0.717, 1.165) is 50.6 Å². The number of benzene rings is 1. The minimum absolute atomic E-state index is 0.250. The van der Waals surface area contributed by atoms with Gasteiger partial charge in [0.1, 0.15) is 11.6 Å². The van der Waals surface area contributed by atoms with Crippen LogP contribution in [-0.2, 0) is 6.54 Å². The summed E-state index contributed by atoms with van der Waals surface area (Å²) in [6.07, 6.45) is 2.86. The second kappa shape index (κ2) is 11.2. The Balaban J connectivity index is 1.52. The van der Waals surface area contributed by atoms with Gasteiger partial charge in [0.25, 0.3) is 0 Å². The van der Waals surface area contributed by atoms with Gasteiger partial charge in [-0.25, -0.2) is 4.39 Å². The summed E-state index contributed by atoms with van der Waals surface area (Å²) in [5, 5.41) is 11.1. The van der Waals surface area contributed by atoms with E-state index in [9.17, 15) is 4.39 Å². The van der Waals surface area contributed by atoms with Crippen LogP contribution in [0.2, 0.25) is 0 Å². The smallest absolute Gasteiger partial charge is 0.190 e. The molecule has 2 N–H and O–H groups in total. The maximum absolute atomic E-state index is 12.8. The molecule has 7 heteroatoms. The Labute approximate surface area is 160 Å². The van der Waals surface area contributed by atoms with Gasteiger partial charge in [-0.2, -0.15) is 5.10 Å². The second-order valence-electron chi connectivity index (χ2n) is 6.44. The Morgan fingerprint density at radius 2 is 1.81 bits per heavy atom. The molecule has 0 unspecified atom stereocenters. The van der Waals surface area contributed by atoms with Crippen LogP contribution in [-0.4, -0.2) is 42.5 Å². The zero-order valence-corrected chi connectivity index (χ0v) is 16.5. The van der Waals surface area contributed by atoms with Crippen molar-refractivity contribution < 1.29 is 9.13 Å². The predicted molar refractivity (Wildman–Crippen MR) is 107 cm³/mol. The van der Waals surface area contributed by atoms with Crippen molar-refractivity contribution in [2.45, 2.75) is 39.7 Å². The molecule has 0 aliphatic rings. The summed E-state index contributed by atoms with van der Waals surface area (Å²) in [6.45, 7) is 7.26. The zero-order valence-electron chi connectivity index (χ0n) is 16.5. The minimum Gasteiger partial charge on any atom is -0.494 e. The van der Waals surface area contributed by atoms with Gasteiger partial charge in [0, 0.05) is 32.4 Å². The summed E-state index contributed by atoms with van der Waals surface area (Å²) < 4.78 is 20.4. The number of unbranched alkanes of at least 4 members (excludes halogenated alkanes) is 1. The highest BCUT2D eigenvalue weighted by atomic mass is 19.1. The number of hydrogen-bond donors (Lipinski definition) is 2. The maximum Gasteiger partial charge on any atom is 0.190 e. The average Bonchev–Trinajstić information content (AvgIpc) is 2.98. The lowest BCUT2D eigenvalue weighted by Gasteiger charge is -2.12. The number of hydrogen-bond acceptors (Lipinski definition) is 3. The normalized spacial score (nSPS) is 11.5. The van der Waals surface area contributed by atoms with Gasteiger partial charge in [-0.15, -0.1) is 0 Å². The maximum atomic E-state index is 12.8. The van der Waals surface area contributed by atoms with Gasteiger partial charge >= 0.3 is 0 Å². The molecule has 1 aromatic heterocycles. The van der Waals surface area contributed by atoms with Crippen molar-refractivity contribution in [2.75, 3.05) is 26.7 Å². The van der Waals surface area contributed by atoms with Crippen molar-refractivity contribution in [1.82, 2.24) is 20.4 Å². The molecule has 0 saturated heterocycles. The number of rotatable bonds is 10. The van der Waals surface area contributed by atoms with Gasteiger partial charge in [0.05, 0.1) is 12.3 Å². The Kier molecular flexibility index (Phi) is 8.61. The summed E-state index contributed by atoms with van der Waals surface area (Å²) >= 11 is 0. The number of nitrogens with one attached hydrogen (secondary N) is 2. The standard InChI is InChI=1S/C20H30FN5O/c1-16-15-17(2)26(25-16)13-6-12-24-20(22-3)23-11-4-5-14-27-19-9-7-18(21)8-10-19/h7-10,15H,4-6,11-14H2,1-3H3,(H2,22,23,24). The third-order valence-electron chi connectivity index (χ3n) is 4.11. The van der Waals surface area contributed by atoms with E-state index in [0.29, 0.717) is 12.4 Å². The molecule has 6 nitrogen and oxygen atoms in total. The molecule has 0 radical (unpaired) electrons. The van der Waals surface area contributed by atoms with Crippen molar-refractivity contribution in [3.05, 3.63) is 47.5 Å². The molecule has 1 heterocycles. The van der Waals surface area contributed by atoms with Gasteiger partial charge in [0.15, 0.2) is 5.96 Å². The molecule has 0 spiro atoms. The molecular formula is C20H30FN5O. The predicted octanol–water partition coefficient (Wildman–Crippen LogP) is 3.05. The van der Waals surface area contributed by atoms with Gasteiger partial charge < -0.3 is 15.4 Å². The summed E-state index contributed by atoms with van der Waals surface area (Å²) in [6, 6.07) is 8.19. The first-order valence-electron chi connectivity index (χ1n) is 9.42. The van der Waals surface area contributed by atoms with Crippen molar-refractivity contribution in [3.63, 3.8) is 0 Å². The van der Waals surface area contributed by atoms with E-state index in [-0.39, 0.29) is 5.82 Å². The van der Waals surface area contributed by atoms with Crippen molar-refractivity contribution >= 4 is 5.96 Å². The highest BCUT2D eigenvalue weighted by Crippen LogP contribution is 2.11. The topological polar surface area (TPSA) is 63.5 Å². The zero-order chi connectivity index (χ0) is 19.5. The summed E-state index contributed by atoms with van der Waals surface area (Å²) in [7, 11) is 1.77. The number of halogens is 1. The molecular weight excluding hydrogens is 345 g/mol. The van der Waals surface area contributed by atoms with Crippen LogP contribution in [0.15, 0.2) is 35.3 Å². The fourth-order valence-electron chi connectivity index (χ4n) is 2.71. The van der Waals surface area contributed by atoms with Gasteiger partial charge in [-0.1, -0.05) is 0 Å². The number of guanidine groups is 1. The average molecular weight is 375 g/mol. The van der Waals surface area contributed by atoms with Crippen LogP contribution in [0.5, 0.6) is 5.75 Å². The third-order valence-corrected chi connectivity index (χ3v) is 4.11. The highest BCUT2D eigenvalue weighted by molar-refractivity contribution is 5.79. The summed E-state index contributed by atoms with van der Waals surface area (Å²) in [5.41, 5.74) is 2.25. The van der Waals surface area contributed by atoms with Crippen LogP contribution in [0.4, 0.5) is 4.39 Å². The van der Waals surface area contributed by atoms with E-state index in [1.807, 2.05) is 11.6 Å². The number of ether oxygens (including phenoxy) is 1. The van der Waals surface area contributed by atoms with Crippen molar-refractivity contribution in [2.24, 2.45) is 4.99 Å². The lowest BCUT2D eigenvalue weighted by molar-refractivity contribution is 0.306. The van der Waals surface area contributed by atoms with Crippen LogP contribution < -0.4 is 15.4 Å². The Hall–Kier alpha value is -2.57. The van der Waals surface area contributed by atoms with E-state index < -0.39 is 0 Å². The van der Waals surface area contributed by atoms with E-state index in [4.69, 9.17) is 4.74 Å². The van der Waals surface area contributed by atoms with Crippen LogP contribution >= 0.6 is 0 Å². The fraction of sp³-hybridized carbons (Fsp3) is 0.500. The molecule has 0 aliphatic carbocycles. The second-order valence-corrected chi connectivity index (χ2v) is 6.44. The molecule has 2 aromatic rings. The molecule has 0 saturated carbocycles. The van der Waals surface area contributed by atoms with Crippen LogP contribution in [0.25, 0.3) is 0 Å². The monoisotopic (exact) mass is 375 g/mol. The quantitative estimate of drug-likeness (QED) is 0.381. The first kappa shape index (κ1) is 20.7. The van der Waals surface area contributed by atoms with Gasteiger partial charge in [-0.3, -0.25) is 9.67 Å². The van der Waals surface area contributed by atoms with Gasteiger partial charge in [-0.05, 0) is 63.4 Å². The molecule has 148 valence electrons. The largest absolute Gasteiger partial charge is 0.494 e. The van der Waals surface area contributed by atoms with Gasteiger partial charge in [0.2, 0.25) is 0 Å². The van der Waals surface area contributed by atoms with Crippen molar-refractivity contribution in [3.8, 4) is 5.75 Å². The number of aromatic nitrogens is 2. The molecule has 0 fully saturated rings.